The molecule has 0 heterocycles. The van der Waals surface area contributed by atoms with E-state index in [-0.39, 0.29) is 0 Å². The van der Waals surface area contributed by atoms with Gasteiger partial charge in [0.1, 0.15) is 5.75 Å². The minimum absolute atomic E-state index is 0.718. The van der Waals surface area contributed by atoms with Crippen LogP contribution < -0.4 is 10.1 Å². The third-order valence-electron chi connectivity index (χ3n) is 2.89. The van der Waals surface area contributed by atoms with Gasteiger partial charge < -0.3 is 10.1 Å². The first-order chi connectivity index (χ1) is 8.77. The summed E-state index contributed by atoms with van der Waals surface area (Å²) in [7, 11) is 0. The number of unbranched alkanes of at least 4 members (excludes halogenated alkanes) is 2. The molecule has 0 atom stereocenters. The third-order valence-corrected chi connectivity index (χ3v) is 3.62. The van der Waals surface area contributed by atoms with E-state index in [1.807, 2.05) is 6.92 Å². The highest BCUT2D eigenvalue weighted by molar-refractivity contribution is 9.10. The summed E-state index contributed by atoms with van der Waals surface area (Å²) in [5, 5.41) is 3.35. The summed E-state index contributed by atoms with van der Waals surface area (Å²) >= 11 is 3.62. The summed E-state index contributed by atoms with van der Waals surface area (Å²) < 4.78 is 6.64. The molecule has 1 rings (SSSR count). The number of ether oxygens (including phenoxy) is 1. The molecule has 1 aromatic carbocycles. The van der Waals surface area contributed by atoms with Gasteiger partial charge in [0, 0.05) is 4.47 Å². The fraction of sp³-hybridized carbons (Fsp3) is 0.600. The number of rotatable bonds is 9. The van der Waals surface area contributed by atoms with E-state index in [2.05, 4.69) is 46.4 Å². The fourth-order valence-corrected chi connectivity index (χ4v) is 2.46. The molecule has 0 amide bonds. The summed E-state index contributed by atoms with van der Waals surface area (Å²) in [6, 6.07) is 6.29. The van der Waals surface area contributed by atoms with Crippen molar-refractivity contribution in [1.29, 1.82) is 0 Å². The first-order valence-electron chi connectivity index (χ1n) is 6.89. The lowest BCUT2D eigenvalue weighted by molar-refractivity contribution is 0.340. The summed E-state index contributed by atoms with van der Waals surface area (Å²) in [6.07, 6.45) is 4.94. The number of nitrogens with one attached hydrogen (secondary N) is 1. The van der Waals surface area contributed by atoms with Gasteiger partial charge in [0.25, 0.3) is 0 Å². The van der Waals surface area contributed by atoms with Crippen molar-refractivity contribution in [2.24, 2.45) is 0 Å². The summed E-state index contributed by atoms with van der Waals surface area (Å²) in [4.78, 5) is 0. The van der Waals surface area contributed by atoms with Crippen LogP contribution >= 0.6 is 15.9 Å². The van der Waals surface area contributed by atoms with Crippen molar-refractivity contribution in [3.63, 3.8) is 0 Å². The standard InChI is InChI=1S/C15H24BrNO/c1-3-17-11-7-5-6-8-13-9-10-14(18-4-2)12-15(13)16/h9-10,12,17H,3-8,11H2,1-2H3. The van der Waals surface area contributed by atoms with Gasteiger partial charge in [0.15, 0.2) is 0 Å². The van der Waals surface area contributed by atoms with Crippen LogP contribution in [0.4, 0.5) is 0 Å². The molecule has 0 aliphatic carbocycles. The summed E-state index contributed by atoms with van der Waals surface area (Å²) in [5.74, 6) is 0.945. The van der Waals surface area contributed by atoms with Crippen LogP contribution in [0.3, 0.4) is 0 Å². The van der Waals surface area contributed by atoms with Gasteiger partial charge in [0.05, 0.1) is 6.61 Å². The van der Waals surface area contributed by atoms with E-state index in [4.69, 9.17) is 4.74 Å². The van der Waals surface area contributed by atoms with Crippen molar-refractivity contribution in [3.8, 4) is 5.75 Å². The van der Waals surface area contributed by atoms with E-state index in [9.17, 15) is 0 Å². The second-order valence-electron chi connectivity index (χ2n) is 4.35. The van der Waals surface area contributed by atoms with Crippen LogP contribution in [0.5, 0.6) is 5.75 Å². The van der Waals surface area contributed by atoms with Gasteiger partial charge in [-0.25, -0.2) is 0 Å². The van der Waals surface area contributed by atoms with Crippen LogP contribution in [0.25, 0.3) is 0 Å². The van der Waals surface area contributed by atoms with Crippen molar-refractivity contribution in [2.75, 3.05) is 19.7 Å². The molecule has 0 saturated carbocycles. The van der Waals surface area contributed by atoms with Gasteiger partial charge in [-0.1, -0.05) is 35.3 Å². The van der Waals surface area contributed by atoms with E-state index in [1.54, 1.807) is 0 Å². The Hall–Kier alpha value is -0.540. The zero-order valence-electron chi connectivity index (χ0n) is 11.5. The maximum Gasteiger partial charge on any atom is 0.120 e. The Bertz CT molecular complexity index is 341. The van der Waals surface area contributed by atoms with E-state index >= 15 is 0 Å². The quantitative estimate of drug-likeness (QED) is 0.691. The van der Waals surface area contributed by atoms with Crippen LogP contribution in [-0.2, 0) is 6.42 Å². The first kappa shape index (κ1) is 15.5. The van der Waals surface area contributed by atoms with Gasteiger partial charge in [-0.3, -0.25) is 0 Å². The van der Waals surface area contributed by atoms with Crippen molar-refractivity contribution in [1.82, 2.24) is 5.32 Å². The first-order valence-corrected chi connectivity index (χ1v) is 7.69. The molecule has 0 fully saturated rings. The normalized spacial score (nSPS) is 10.6. The lowest BCUT2D eigenvalue weighted by Gasteiger charge is -2.08. The molecule has 3 heteroatoms. The van der Waals surface area contributed by atoms with Crippen molar-refractivity contribution >= 4 is 15.9 Å². The molecule has 1 aromatic rings. The van der Waals surface area contributed by atoms with Crippen molar-refractivity contribution in [2.45, 2.75) is 39.5 Å². The molecule has 0 saturated heterocycles. The molecule has 18 heavy (non-hydrogen) atoms. The summed E-state index contributed by atoms with van der Waals surface area (Å²) in [5.41, 5.74) is 1.38. The van der Waals surface area contributed by atoms with Crippen molar-refractivity contribution in [3.05, 3.63) is 28.2 Å². The van der Waals surface area contributed by atoms with Gasteiger partial charge in [-0.2, -0.15) is 0 Å². The van der Waals surface area contributed by atoms with Crippen LogP contribution in [0.1, 0.15) is 38.7 Å². The molecular weight excluding hydrogens is 290 g/mol. The van der Waals surface area contributed by atoms with E-state index in [0.717, 1.165) is 31.9 Å². The Balaban J connectivity index is 2.29. The molecule has 0 unspecified atom stereocenters. The lowest BCUT2D eigenvalue weighted by atomic mass is 10.1. The Kier molecular flexibility index (Phi) is 8.10. The van der Waals surface area contributed by atoms with E-state index in [0.29, 0.717) is 0 Å². The molecule has 0 aliphatic heterocycles. The third kappa shape index (κ3) is 5.87. The minimum Gasteiger partial charge on any atom is -0.494 e. The largest absolute Gasteiger partial charge is 0.494 e. The minimum atomic E-state index is 0.718. The number of aryl methyl sites for hydroxylation is 1. The highest BCUT2D eigenvalue weighted by atomic mass is 79.9. The Morgan fingerprint density at radius 1 is 1.17 bits per heavy atom. The number of hydrogen-bond donors (Lipinski definition) is 1. The lowest BCUT2D eigenvalue weighted by Crippen LogP contribution is -2.13. The average Bonchev–Trinajstić information content (AvgIpc) is 2.36. The fourth-order valence-electron chi connectivity index (χ4n) is 1.91. The topological polar surface area (TPSA) is 21.3 Å². The highest BCUT2D eigenvalue weighted by Crippen LogP contribution is 2.24. The second-order valence-corrected chi connectivity index (χ2v) is 5.20. The van der Waals surface area contributed by atoms with Gasteiger partial charge >= 0.3 is 0 Å². The van der Waals surface area contributed by atoms with Crippen LogP contribution in [0.15, 0.2) is 22.7 Å². The zero-order valence-corrected chi connectivity index (χ0v) is 13.1. The molecule has 0 radical (unpaired) electrons. The van der Waals surface area contributed by atoms with Gasteiger partial charge in [-0.05, 0) is 57.0 Å². The number of halogens is 1. The summed E-state index contributed by atoms with van der Waals surface area (Å²) in [6.45, 7) is 7.09. The Morgan fingerprint density at radius 3 is 2.67 bits per heavy atom. The Labute approximate surface area is 119 Å². The maximum absolute atomic E-state index is 5.47. The predicted molar refractivity (Wildman–Crippen MR) is 81.4 cm³/mol. The van der Waals surface area contributed by atoms with Gasteiger partial charge in [0.2, 0.25) is 0 Å². The second kappa shape index (κ2) is 9.40. The zero-order chi connectivity index (χ0) is 13.2. The van der Waals surface area contributed by atoms with E-state index < -0.39 is 0 Å². The molecule has 2 nitrogen and oxygen atoms in total. The molecular formula is C15H24BrNO. The monoisotopic (exact) mass is 313 g/mol. The maximum atomic E-state index is 5.47. The van der Waals surface area contributed by atoms with Crippen LogP contribution in [0, 0.1) is 0 Å². The number of benzene rings is 1. The Morgan fingerprint density at radius 2 is 2.00 bits per heavy atom. The molecule has 0 aromatic heterocycles. The molecule has 1 N–H and O–H groups in total. The highest BCUT2D eigenvalue weighted by Gasteiger charge is 2.02. The molecule has 0 bridgehead atoms. The van der Waals surface area contributed by atoms with E-state index in [1.165, 1.54) is 29.3 Å². The van der Waals surface area contributed by atoms with Crippen molar-refractivity contribution < 1.29 is 4.74 Å². The predicted octanol–water partition coefficient (Wildman–Crippen LogP) is 4.17. The molecule has 0 spiro atoms. The SMILES string of the molecule is CCNCCCCCc1ccc(OCC)cc1Br. The number of hydrogen-bond acceptors (Lipinski definition) is 2. The van der Waals surface area contributed by atoms with Gasteiger partial charge in [-0.15, -0.1) is 0 Å². The molecule has 102 valence electrons. The smallest absolute Gasteiger partial charge is 0.120 e. The van der Waals surface area contributed by atoms with Crippen LogP contribution in [-0.4, -0.2) is 19.7 Å². The molecule has 0 aliphatic rings. The average molecular weight is 314 g/mol. The van der Waals surface area contributed by atoms with Crippen LogP contribution in [0.2, 0.25) is 0 Å².